The number of morpholine rings is 1. The van der Waals surface area contributed by atoms with Crippen molar-refractivity contribution in [2.75, 3.05) is 36.5 Å². The molecule has 108 valence electrons. The lowest BCUT2D eigenvalue weighted by Gasteiger charge is -2.27. The van der Waals surface area contributed by atoms with Crippen LogP contribution in [0.5, 0.6) is 0 Å². The summed E-state index contributed by atoms with van der Waals surface area (Å²) >= 11 is 0. The van der Waals surface area contributed by atoms with Crippen LogP contribution in [0.2, 0.25) is 0 Å². The number of carbonyl (C=O) groups is 1. The molecule has 0 radical (unpaired) electrons. The first-order valence-corrected chi connectivity index (χ1v) is 6.67. The molecule has 1 saturated heterocycles. The van der Waals surface area contributed by atoms with Gasteiger partial charge in [0.25, 0.3) is 0 Å². The molecule has 1 unspecified atom stereocenters. The quantitative estimate of drug-likeness (QED) is 0.776. The predicted octanol–water partition coefficient (Wildman–Crippen LogP) is 0.760. The van der Waals surface area contributed by atoms with Crippen molar-refractivity contribution in [1.29, 1.82) is 0 Å². The first-order chi connectivity index (χ1) is 9.70. The zero-order valence-corrected chi connectivity index (χ0v) is 11.4. The van der Waals surface area contributed by atoms with E-state index in [2.05, 4.69) is 21.8 Å². The Kier molecular flexibility index (Phi) is 5.09. The smallest absolute Gasteiger partial charge is 0.241 e. The van der Waals surface area contributed by atoms with Crippen molar-refractivity contribution in [1.82, 2.24) is 4.98 Å². The number of nitrogens with one attached hydrogen (secondary N) is 1. The monoisotopic (exact) mass is 276 g/mol. The van der Waals surface area contributed by atoms with Gasteiger partial charge in [0.15, 0.2) is 0 Å². The number of nitrogens with zero attached hydrogens (tertiary/aromatic N) is 2. The number of hydrogen-bond acceptors (Lipinski definition) is 5. The van der Waals surface area contributed by atoms with Crippen LogP contribution in [-0.2, 0) is 9.53 Å². The average Bonchev–Trinajstić information content (AvgIpc) is 2.49. The van der Waals surface area contributed by atoms with Crippen molar-refractivity contribution < 1.29 is 9.53 Å². The van der Waals surface area contributed by atoms with Crippen LogP contribution in [0.3, 0.4) is 0 Å². The number of ether oxygens (including phenoxy) is 1. The van der Waals surface area contributed by atoms with E-state index in [1.54, 1.807) is 12.3 Å². The van der Waals surface area contributed by atoms with Gasteiger partial charge < -0.3 is 20.7 Å². The van der Waals surface area contributed by atoms with Gasteiger partial charge in [0.2, 0.25) is 5.91 Å². The topological polar surface area (TPSA) is 80.5 Å². The molecule has 20 heavy (non-hydrogen) atoms. The van der Waals surface area contributed by atoms with E-state index < -0.39 is 6.04 Å². The molecule has 1 aliphatic heterocycles. The Hall–Kier alpha value is -1.92. The summed E-state index contributed by atoms with van der Waals surface area (Å²) in [6.07, 6.45) is 3.72. The van der Waals surface area contributed by atoms with Crippen LogP contribution in [0.25, 0.3) is 0 Å². The first kappa shape index (κ1) is 14.5. The molecule has 3 N–H and O–H groups in total. The van der Waals surface area contributed by atoms with E-state index in [0.717, 1.165) is 32.1 Å². The Morgan fingerprint density at radius 3 is 2.90 bits per heavy atom. The Balaban J connectivity index is 1.94. The summed E-state index contributed by atoms with van der Waals surface area (Å²) in [5.41, 5.74) is 6.34. The van der Waals surface area contributed by atoms with Gasteiger partial charge in [-0.3, -0.25) is 4.79 Å². The van der Waals surface area contributed by atoms with Gasteiger partial charge in [0.05, 0.1) is 31.1 Å². The maximum Gasteiger partial charge on any atom is 0.241 e. The molecule has 2 heterocycles. The van der Waals surface area contributed by atoms with E-state index in [-0.39, 0.29) is 5.91 Å². The lowest BCUT2D eigenvalue weighted by Crippen LogP contribution is -2.37. The molecule has 1 atom stereocenters. The van der Waals surface area contributed by atoms with Crippen molar-refractivity contribution in [2.24, 2.45) is 5.73 Å². The summed E-state index contributed by atoms with van der Waals surface area (Å²) in [6.45, 7) is 6.68. The van der Waals surface area contributed by atoms with Crippen molar-refractivity contribution in [3.8, 4) is 0 Å². The molecule has 0 spiro atoms. The van der Waals surface area contributed by atoms with Crippen LogP contribution in [0.4, 0.5) is 11.5 Å². The standard InChI is InChI=1S/C14H20N4O2/c1-2-3-12(15)14(19)17-11-4-5-13(16-10-11)18-6-8-20-9-7-18/h2,4-5,10,12H,1,3,6-9,15H2,(H,17,19). The van der Waals surface area contributed by atoms with Gasteiger partial charge in [-0.15, -0.1) is 6.58 Å². The third-order valence-corrected chi connectivity index (χ3v) is 3.11. The number of hydrogen-bond donors (Lipinski definition) is 2. The molecule has 2 rings (SSSR count). The van der Waals surface area contributed by atoms with Crippen molar-refractivity contribution >= 4 is 17.4 Å². The highest BCUT2D eigenvalue weighted by Crippen LogP contribution is 2.15. The zero-order valence-electron chi connectivity index (χ0n) is 11.4. The minimum atomic E-state index is -0.577. The Morgan fingerprint density at radius 1 is 1.55 bits per heavy atom. The fraction of sp³-hybridized carbons (Fsp3) is 0.429. The fourth-order valence-electron chi connectivity index (χ4n) is 1.96. The fourth-order valence-corrected chi connectivity index (χ4v) is 1.96. The summed E-state index contributed by atoms with van der Waals surface area (Å²) in [5, 5.41) is 2.74. The molecule has 1 aliphatic rings. The molecule has 0 bridgehead atoms. The SMILES string of the molecule is C=CCC(N)C(=O)Nc1ccc(N2CCOCC2)nc1. The lowest BCUT2D eigenvalue weighted by atomic mass is 10.2. The van der Waals surface area contributed by atoms with Gasteiger partial charge in [0.1, 0.15) is 5.82 Å². The zero-order chi connectivity index (χ0) is 14.4. The van der Waals surface area contributed by atoms with Crippen LogP contribution >= 0.6 is 0 Å². The second-order valence-corrected chi connectivity index (χ2v) is 4.62. The summed E-state index contributed by atoms with van der Waals surface area (Å²) < 4.78 is 5.30. The van der Waals surface area contributed by atoms with Crippen molar-refractivity contribution in [3.05, 3.63) is 31.0 Å². The Bertz CT molecular complexity index is 455. The van der Waals surface area contributed by atoms with Gasteiger partial charge in [-0.1, -0.05) is 6.08 Å². The Labute approximate surface area is 118 Å². The molecule has 0 saturated carbocycles. The third-order valence-electron chi connectivity index (χ3n) is 3.11. The van der Waals surface area contributed by atoms with E-state index >= 15 is 0 Å². The van der Waals surface area contributed by atoms with Crippen molar-refractivity contribution in [2.45, 2.75) is 12.5 Å². The average molecular weight is 276 g/mol. The highest BCUT2D eigenvalue weighted by atomic mass is 16.5. The lowest BCUT2D eigenvalue weighted by molar-refractivity contribution is -0.117. The minimum absolute atomic E-state index is 0.231. The van der Waals surface area contributed by atoms with E-state index in [1.165, 1.54) is 0 Å². The number of pyridine rings is 1. The number of amides is 1. The number of nitrogens with two attached hydrogens (primary N) is 1. The van der Waals surface area contributed by atoms with Gasteiger partial charge in [-0.25, -0.2) is 4.98 Å². The molecular weight excluding hydrogens is 256 g/mol. The van der Waals surface area contributed by atoms with Crippen molar-refractivity contribution in [3.63, 3.8) is 0 Å². The summed E-state index contributed by atoms with van der Waals surface area (Å²) in [5.74, 6) is 0.660. The van der Waals surface area contributed by atoms with E-state index in [0.29, 0.717) is 12.1 Å². The van der Waals surface area contributed by atoms with Crippen LogP contribution in [0.15, 0.2) is 31.0 Å². The normalized spacial score (nSPS) is 16.6. The number of rotatable bonds is 5. The molecule has 0 aromatic carbocycles. The Morgan fingerprint density at radius 2 is 2.30 bits per heavy atom. The molecule has 6 nitrogen and oxygen atoms in total. The van der Waals surface area contributed by atoms with Gasteiger partial charge in [0, 0.05) is 13.1 Å². The van der Waals surface area contributed by atoms with Crippen LogP contribution in [-0.4, -0.2) is 43.2 Å². The highest BCUT2D eigenvalue weighted by Gasteiger charge is 2.14. The van der Waals surface area contributed by atoms with E-state index in [9.17, 15) is 4.79 Å². The number of carbonyl (C=O) groups excluding carboxylic acids is 1. The van der Waals surface area contributed by atoms with Crippen LogP contribution in [0, 0.1) is 0 Å². The summed E-state index contributed by atoms with van der Waals surface area (Å²) in [6, 6.07) is 3.14. The first-order valence-electron chi connectivity index (χ1n) is 6.67. The highest BCUT2D eigenvalue weighted by molar-refractivity contribution is 5.94. The molecule has 0 aliphatic carbocycles. The number of anilines is 2. The molecule has 1 aromatic rings. The van der Waals surface area contributed by atoms with Crippen LogP contribution < -0.4 is 16.0 Å². The molecular formula is C14H20N4O2. The maximum absolute atomic E-state index is 11.8. The molecule has 6 heteroatoms. The summed E-state index contributed by atoms with van der Waals surface area (Å²) in [7, 11) is 0. The van der Waals surface area contributed by atoms with Gasteiger partial charge in [-0.2, -0.15) is 0 Å². The summed E-state index contributed by atoms with van der Waals surface area (Å²) in [4.78, 5) is 18.3. The van der Waals surface area contributed by atoms with E-state index in [1.807, 2.05) is 12.1 Å². The van der Waals surface area contributed by atoms with E-state index in [4.69, 9.17) is 10.5 Å². The molecule has 1 fully saturated rings. The number of aromatic nitrogens is 1. The largest absolute Gasteiger partial charge is 0.378 e. The second-order valence-electron chi connectivity index (χ2n) is 4.62. The minimum Gasteiger partial charge on any atom is -0.378 e. The van der Waals surface area contributed by atoms with Gasteiger partial charge >= 0.3 is 0 Å². The third kappa shape index (κ3) is 3.79. The molecule has 1 amide bonds. The molecule has 1 aromatic heterocycles. The van der Waals surface area contributed by atoms with Gasteiger partial charge in [-0.05, 0) is 18.6 Å². The van der Waals surface area contributed by atoms with Crippen LogP contribution in [0.1, 0.15) is 6.42 Å². The second kappa shape index (κ2) is 7.02. The maximum atomic E-state index is 11.8. The predicted molar refractivity (Wildman–Crippen MR) is 78.7 cm³/mol.